The lowest BCUT2D eigenvalue weighted by Gasteiger charge is -2.22. The number of ether oxygens (including phenoxy) is 2. The molecule has 0 aliphatic carbocycles. The molecular weight excluding hydrogens is 322 g/mol. The van der Waals surface area contributed by atoms with Crippen LogP contribution in [0.3, 0.4) is 0 Å². The van der Waals surface area contributed by atoms with Gasteiger partial charge in [-0.2, -0.15) is 0 Å². The van der Waals surface area contributed by atoms with E-state index in [9.17, 15) is 8.42 Å². The Hall–Kier alpha value is -0.470. The number of hydrogen-bond donors (Lipinski definition) is 1. The molecule has 1 aromatic carbocycles. The Morgan fingerprint density at radius 1 is 1.22 bits per heavy atom. The number of hydrogen-bond acceptors (Lipinski definition) is 4. The zero-order valence-corrected chi connectivity index (χ0v) is 12.8. The summed E-state index contributed by atoms with van der Waals surface area (Å²) in [5.74, 6) is 0. The highest BCUT2D eigenvalue weighted by atomic mass is 79.9. The van der Waals surface area contributed by atoms with E-state index < -0.39 is 22.4 Å². The molecular formula is C11H16BrNO4S. The average molecular weight is 338 g/mol. The minimum atomic E-state index is -3.61. The van der Waals surface area contributed by atoms with Crippen LogP contribution in [0.5, 0.6) is 0 Å². The van der Waals surface area contributed by atoms with Gasteiger partial charge in [-0.25, -0.2) is 13.1 Å². The molecule has 0 bridgehead atoms. The van der Waals surface area contributed by atoms with Crippen LogP contribution >= 0.6 is 15.9 Å². The van der Waals surface area contributed by atoms with Crippen molar-refractivity contribution in [2.75, 3.05) is 14.2 Å². The standard InChI is InChI=1S/C11H16BrNO4S/c1-8(11(16-2)17-3)13-18(14,15)10-7-5-4-6-9(10)12/h4-8,11,13H,1-3H3. The van der Waals surface area contributed by atoms with Gasteiger partial charge in [-0.05, 0) is 35.0 Å². The number of sulfonamides is 1. The Balaban J connectivity index is 2.93. The lowest BCUT2D eigenvalue weighted by atomic mass is 10.3. The molecule has 102 valence electrons. The number of methoxy groups -OCH3 is 2. The molecule has 0 saturated carbocycles. The molecule has 0 radical (unpaired) electrons. The molecule has 0 heterocycles. The summed E-state index contributed by atoms with van der Waals surface area (Å²) in [5.41, 5.74) is 0. The fourth-order valence-electron chi connectivity index (χ4n) is 1.53. The largest absolute Gasteiger partial charge is 0.354 e. The van der Waals surface area contributed by atoms with E-state index in [-0.39, 0.29) is 4.90 Å². The van der Waals surface area contributed by atoms with E-state index in [1.807, 2.05) is 0 Å². The van der Waals surface area contributed by atoms with Crippen LogP contribution in [0.25, 0.3) is 0 Å². The molecule has 5 nitrogen and oxygen atoms in total. The third kappa shape index (κ3) is 3.76. The van der Waals surface area contributed by atoms with Crippen molar-refractivity contribution in [3.8, 4) is 0 Å². The van der Waals surface area contributed by atoms with Crippen LogP contribution in [0.1, 0.15) is 6.92 Å². The first-order chi connectivity index (χ1) is 8.42. The summed E-state index contributed by atoms with van der Waals surface area (Å²) in [7, 11) is -0.701. The minimum Gasteiger partial charge on any atom is -0.354 e. The molecule has 1 N–H and O–H groups in total. The number of rotatable bonds is 6. The van der Waals surface area contributed by atoms with E-state index in [4.69, 9.17) is 9.47 Å². The van der Waals surface area contributed by atoms with E-state index in [0.717, 1.165) is 0 Å². The second kappa shape index (κ2) is 6.63. The number of halogens is 1. The van der Waals surface area contributed by atoms with Crippen LogP contribution in [-0.4, -0.2) is 35.0 Å². The predicted octanol–water partition coefficient (Wildman–Crippen LogP) is 1.73. The molecule has 0 aliphatic heterocycles. The van der Waals surface area contributed by atoms with E-state index >= 15 is 0 Å². The van der Waals surface area contributed by atoms with Crippen LogP contribution in [-0.2, 0) is 19.5 Å². The molecule has 0 saturated heterocycles. The van der Waals surface area contributed by atoms with Gasteiger partial charge in [0.1, 0.15) is 0 Å². The highest BCUT2D eigenvalue weighted by molar-refractivity contribution is 9.10. The fourth-order valence-corrected chi connectivity index (χ4v) is 3.77. The van der Waals surface area contributed by atoms with Gasteiger partial charge in [0.25, 0.3) is 0 Å². The summed E-state index contributed by atoms with van der Waals surface area (Å²) in [5, 5.41) is 0. The first kappa shape index (κ1) is 15.6. The van der Waals surface area contributed by atoms with Gasteiger partial charge < -0.3 is 9.47 Å². The monoisotopic (exact) mass is 337 g/mol. The van der Waals surface area contributed by atoms with E-state index in [1.165, 1.54) is 20.3 Å². The number of benzene rings is 1. The van der Waals surface area contributed by atoms with Crippen molar-refractivity contribution < 1.29 is 17.9 Å². The fraction of sp³-hybridized carbons (Fsp3) is 0.455. The van der Waals surface area contributed by atoms with Crippen molar-refractivity contribution >= 4 is 26.0 Å². The van der Waals surface area contributed by atoms with Gasteiger partial charge in [0.15, 0.2) is 6.29 Å². The first-order valence-electron chi connectivity index (χ1n) is 5.25. The number of nitrogens with one attached hydrogen (secondary N) is 1. The summed E-state index contributed by atoms with van der Waals surface area (Å²) < 4.78 is 37.3. The maximum absolute atomic E-state index is 12.1. The van der Waals surface area contributed by atoms with Gasteiger partial charge in [0, 0.05) is 18.7 Å². The highest BCUT2D eigenvalue weighted by Gasteiger charge is 2.24. The molecule has 1 unspecified atom stereocenters. The lowest BCUT2D eigenvalue weighted by molar-refractivity contribution is -0.115. The van der Waals surface area contributed by atoms with Crippen molar-refractivity contribution in [2.45, 2.75) is 24.2 Å². The Morgan fingerprint density at radius 3 is 2.28 bits per heavy atom. The zero-order chi connectivity index (χ0) is 13.8. The molecule has 18 heavy (non-hydrogen) atoms. The summed E-state index contributed by atoms with van der Waals surface area (Å²) in [4.78, 5) is 0.183. The topological polar surface area (TPSA) is 64.6 Å². The molecule has 7 heteroatoms. The second-order valence-corrected chi connectivity index (χ2v) is 6.22. The highest BCUT2D eigenvalue weighted by Crippen LogP contribution is 2.21. The maximum Gasteiger partial charge on any atom is 0.242 e. The van der Waals surface area contributed by atoms with Crippen molar-refractivity contribution in [1.29, 1.82) is 0 Å². The van der Waals surface area contributed by atoms with E-state index in [2.05, 4.69) is 20.7 Å². The van der Waals surface area contributed by atoms with Gasteiger partial charge in [0.2, 0.25) is 10.0 Å². The molecule has 0 aromatic heterocycles. The molecule has 0 aliphatic rings. The minimum absolute atomic E-state index is 0.183. The summed E-state index contributed by atoms with van der Waals surface area (Å²) >= 11 is 3.21. The van der Waals surface area contributed by atoms with Crippen LogP contribution in [0, 0.1) is 0 Å². The molecule has 0 spiro atoms. The Labute approximate surface area is 116 Å². The zero-order valence-electron chi connectivity index (χ0n) is 10.4. The predicted molar refractivity (Wildman–Crippen MR) is 71.7 cm³/mol. The van der Waals surface area contributed by atoms with Crippen LogP contribution in [0.4, 0.5) is 0 Å². The van der Waals surface area contributed by atoms with E-state index in [0.29, 0.717) is 4.47 Å². The van der Waals surface area contributed by atoms with Crippen LogP contribution < -0.4 is 4.72 Å². The maximum atomic E-state index is 12.1. The van der Waals surface area contributed by atoms with Crippen LogP contribution in [0.15, 0.2) is 33.6 Å². The second-order valence-electron chi connectivity index (χ2n) is 3.68. The SMILES string of the molecule is COC(OC)C(C)NS(=O)(=O)c1ccccc1Br. The third-order valence-corrected chi connectivity index (χ3v) is 4.91. The van der Waals surface area contributed by atoms with Crippen molar-refractivity contribution in [3.05, 3.63) is 28.7 Å². The summed E-state index contributed by atoms with van der Waals surface area (Å²) in [6.45, 7) is 1.67. The van der Waals surface area contributed by atoms with Crippen molar-refractivity contribution in [1.82, 2.24) is 4.72 Å². The van der Waals surface area contributed by atoms with Gasteiger partial charge >= 0.3 is 0 Å². The molecule has 1 rings (SSSR count). The van der Waals surface area contributed by atoms with Crippen LogP contribution in [0.2, 0.25) is 0 Å². The lowest BCUT2D eigenvalue weighted by Crippen LogP contribution is -2.42. The third-order valence-electron chi connectivity index (χ3n) is 2.34. The Bertz CT molecular complexity index is 488. The molecule has 1 aromatic rings. The van der Waals surface area contributed by atoms with Gasteiger partial charge in [-0.15, -0.1) is 0 Å². The van der Waals surface area contributed by atoms with E-state index in [1.54, 1.807) is 25.1 Å². The summed E-state index contributed by atoms with van der Waals surface area (Å²) in [6.07, 6.45) is -0.637. The molecule has 0 amide bonds. The van der Waals surface area contributed by atoms with Crippen molar-refractivity contribution in [2.24, 2.45) is 0 Å². The van der Waals surface area contributed by atoms with Gasteiger partial charge in [-0.3, -0.25) is 0 Å². The summed E-state index contributed by atoms with van der Waals surface area (Å²) in [6, 6.07) is 6.10. The van der Waals surface area contributed by atoms with Gasteiger partial charge in [0.05, 0.1) is 10.9 Å². The Kier molecular flexibility index (Phi) is 5.74. The smallest absolute Gasteiger partial charge is 0.242 e. The first-order valence-corrected chi connectivity index (χ1v) is 7.52. The quantitative estimate of drug-likeness (QED) is 0.803. The average Bonchev–Trinajstić information content (AvgIpc) is 2.30. The normalized spacial score (nSPS) is 13.8. The van der Waals surface area contributed by atoms with Gasteiger partial charge in [-0.1, -0.05) is 12.1 Å². The molecule has 1 atom stereocenters. The molecule has 0 fully saturated rings. The Morgan fingerprint density at radius 2 is 1.78 bits per heavy atom. The van der Waals surface area contributed by atoms with Crippen molar-refractivity contribution in [3.63, 3.8) is 0 Å².